The number of ether oxygens (including phenoxy) is 1. The fourth-order valence-corrected chi connectivity index (χ4v) is 3.03. The molecule has 0 saturated heterocycles. The molecular formula is C24H22N4O2. The van der Waals surface area contributed by atoms with Gasteiger partial charge in [-0.25, -0.2) is 4.98 Å². The Labute approximate surface area is 175 Å². The van der Waals surface area contributed by atoms with Crippen molar-refractivity contribution in [1.82, 2.24) is 14.8 Å². The number of hydrogen-bond donors (Lipinski definition) is 1. The molecular weight excluding hydrogens is 376 g/mol. The van der Waals surface area contributed by atoms with Crippen molar-refractivity contribution in [2.45, 2.75) is 20.4 Å². The summed E-state index contributed by atoms with van der Waals surface area (Å²) in [4.78, 5) is 16.9. The molecule has 1 N–H and O–H groups in total. The molecule has 0 radical (unpaired) electrons. The van der Waals surface area contributed by atoms with Crippen LogP contribution < -0.4 is 10.1 Å². The molecule has 0 saturated carbocycles. The Kier molecular flexibility index (Phi) is 5.57. The third-order valence-electron chi connectivity index (χ3n) is 4.74. The molecule has 2 aromatic heterocycles. The Bertz CT molecular complexity index is 1130. The van der Waals surface area contributed by atoms with E-state index in [1.165, 1.54) is 0 Å². The van der Waals surface area contributed by atoms with E-state index in [-0.39, 0.29) is 5.91 Å². The Morgan fingerprint density at radius 1 is 0.967 bits per heavy atom. The Morgan fingerprint density at radius 2 is 1.73 bits per heavy atom. The summed E-state index contributed by atoms with van der Waals surface area (Å²) in [6.45, 7) is 4.50. The Balaban J connectivity index is 1.41. The first-order valence-electron chi connectivity index (χ1n) is 9.67. The van der Waals surface area contributed by atoms with E-state index < -0.39 is 0 Å². The van der Waals surface area contributed by atoms with Crippen LogP contribution in [0, 0.1) is 13.8 Å². The predicted octanol–water partition coefficient (Wildman–Crippen LogP) is 4.99. The van der Waals surface area contributed by atoms with Gasteiger partial charge < -0.3 is 10.1 Å². The summed E-state index contributed by atoms with van der Waals surface area (Å²) >= 11 is 0. The molecule has 0 spiro atoms. The molecule has 2 aromatic carbocycles. The zero-order valence-corrected chi connectivity index (χ0v) is 16.9. The number of amides is 1. The first kappa shape index (κ1) is 19.4. The van der Waals surface area contributed by atoms with E-state index in [0.29, 0.717) is 29.4 Å². The number of pyridine rings is 1. The number of rotatable bonds is 6. The number of nitrogens with zero attached hydrogens (tertiary/aromatic N) is 3. The molecule has 0 aliphatic carbocycles. The summed E-state index contributed by atoms with van der Waals surface area (Å²) in [5, 5.41) is 7.28. The molecule has 6 nitrogen and oxygen atoms in total. The number of anilines is 1. The summed E-state index contributed by atoms with van der Waals surface area (Å²) in [5.74, 6) is 0.982. The van der Waals surface area contributed by atoms with Gasteiger partial charge in [-0.2, -0.15) is 5.10 Å². The van der Waals surface area contributed by atoms with Gasteiger partial charge >= 0.3 is 0 Å². The zero-order valence-electron chi connectivity index (χ0n) is 16.9. The quantitative estimate of drug-likeness (QED) is 0.497. The highest BCUT2D eigenvalue weighted by atomic mass is 16.5. The molecule has 4 rings (SSSR count). The van der Waals surface area contributed by atoms with Crippen molar-refractivity contribution in [1.29, 1.82) is 0 Å². The van der Waals surface area contributed by atoms with Crippen LogP contribution in [0.5, 0.6) is 11.6 Å². The van der Waals surface area contributed by atoms with Crippen molar-refractivity contribution in [3.8, 4) is 11.6 Å². The van der Waals surface area contributed by atoms with Gasteiger partial charge in [0.2, 0.25) is 5.88 Å². The molecule has 1 amide bonds. The number of nitrogens with one attached hydrogen (secondary N) is 1. The molecule has 6 heteroatoms. The van der Waals surface area contributed by atoms with Crippen LogP contribution in [0.1, 0.15) is 27.2 Å². The second-order valence-electron chi connectivity index (χ2n) is 7.04. The molecule has 0 unspecified atom stereocenters. The molecule has 0 atom stereocenters. The van der Waals surface area contributed by atoms with Crippen molar-refractivity contribution in [2.75, 3.05) is 5.32 Å². The average molecular weight is 398 g/mol. The number of carbonyl (C=O) groups excluding carboxylic acids is 1. The largest absolute Gasteiger partial charge is 0.439 e. The van der Waals surface area contributed by atoms with Crippen LogP contribution >= 0.6 is 0 Å². The van der Waals surface area contributed by atoms with Crippen molar-refractivity contribution >= 4 is 11.6 Å². The van der Waals surface area contributed by atoms with Crippen molar-refractivity contribution in [3.05, 3.63) is 102 Å². The summed E-state index contributed by atoms with van der Waals surface area (Å²) < 4.78 is 7.55. The third kappa shape index (κ3) is 4.55. The Hall–Kier alpha value is -3.93. The van der Waals surface area contributed by atoms with Crippen molar-refractivity contribution in [2.24, 2.45) is 0 Å². The lowest BCUT2D eigenvalue weighted by Crippen LogP contribution is -2.13. The van der Waals surface area contributed by atoms with E-state index in [4.69, 9.17) is 4.74 Å². The van der Waals surface area contributed by atoms with Crippen LogP contribution in [0.4, 0.5) is 5.69 Å². The maximum absolute atomic E-state index is 12.7. The maximum Gasteiger partial charge on any atom is 0.259 e. The lowest BCUT2D eigenvalue weighted by molar-refractivity contribution is 0.102. The summed E-state index contributed by atoms with van der Waals surface area (Å²) in [7, 11) is 0. The molecule has 0 aliphatic heterocycles. The number of aryl methyl sites for hydroxylation is 1. The molecule has 0 aliphatic rings. The minimum atomic E-state index is -0.194. The van der Waals surface area contributed by atoms with Gasteiger partial charge in [0.25, 0.3) is 5.91 Å². The molecule has 0 bridgehead atoms. The van der Waals surface area contributed by atoms with Crippen molar-refractivity contribution in [3.63, 3.8) is 0 Å². The first-order valence-corrected chi connectivity index (χ1v) is 9.67. The second kappa shape index (κ2) is 8.61. The SMILES string of the molecule is Cc1ccc(Oc2ccc(NC(=O)c3cnn(Cc4ccccc4)c3C)cc2)nc1. The van der Waals surface area contributed by atoms with Crippen LogP contribution in [-0.2, 0) is 6.54 Å². The van der Waals surface area contributed by atoms with E-state index in [2.05, 4.69) is 15.4 Å². The van der Waals surface area contributed by atoms with Crippen LogP contribution in [0.2, 0.25) is 0 Å². The highest BCUT2D eigenvalue weighted by molar-refractivity contribution is 6.04. The van der Waals surface area contributed by atoms with E-state index in [9.17, 15) is 4.79 Å². The zero-order chi connectivity index (χ0) is 20.9. The van der Waals surface area contributed by atoms with Crippen LogP contribution in [0.3, 0.4) is 0 Å². The van der Waals surface area contributed by atoms with Crippen LogP contribution in [-0.4, -0.2) is 20.7 Å². The lowest BCUT2D eigenvalue weighted by atomic mass is 10.2. The smallest absolute Gasteiger partial charge is 0.259 e. The maximum atomic E-state index is 12.7. The van der Waals surface area contributed by atoms with Gasteiger partial charge in [-0.3, -0.25) is 9.48 Å². The number of carbonyl (C=O) groups is 1. The number of hydrogen-bond acceptors (Lipinski definition) is 4. The minimum absolute atomic E-state index is 0.194. The second-order valence-corrected chi connectivity index (χ2v) is 7.04. The monoisotopic (exact) mass is 398 g/mol. The van der Waals surface area contributed by atoms with Crippen LogP contribution in [0.25, 0.3) is 0 Å². The fourth-order valence-electron chi connectivity index (χ4n) is 3.03. The highest BCUT2D eigenvalue weighted by Gasteiger charge is 2.14. The van der Waals surface area contributed by atoms with Crippen LogP contribution in [0.15, 0.2) is 79.1 Å². The summed E-state index contributed by atoms with van der Waals surface area (Å²) in [6.07, 6.45) is 3.36. The van der Waals surface area contributed by atoms with Gasteiger partial charge in [-0.05, 0) is 49.2 Å². The number of aromatic nitrogens is 3. The van der Waals surface area contributed by atoms with E-state index in [1.54, 1.807) is 36.7 Å². The molecule has 2 heterocycles. The molecule has 150 valence electrons. The molecule has 4 aromatic rings. The van der Waals surface area contributed by atoms with Gasteiger partial charge in [0.1, 0.15) is 5.75 Å². The van der Waals surface area contributed by atoms with Gasteiger partial charge in [0.15, 0.2) is 0 Å². The Morgan fingerprint density at radius 3 is 2.43 bits per heavy atom. The molecule has 30 heavy (non-hydrogen) atoms. The lowest BCUT2D eigenvalue weighted by Gasteiger charge is -2.08. The van der Waals surface area contributed by atoms with E-state index >= 15 is 0 Å². The first-order chi connectivity index (χ1) is 14.6. The van der Waals surface area contributed by atoms with Gasteiger partial charge in [-0.15, -0.1) is 0 Å². The summed E-state index contributed by atoms with van der Waals surface area (Å²) in [5.41, 5.74) is 4.26. The van der Waals surface area contributed by atoms with E-state index in [0.717, 1.165) is 16.8 Å². The van der Waals surface area contributed by atoms with Crippen molar-refractivity contribution < 1.29 is 9.53 Å². The van der Waals surface area contributed by atoms with Gasteiger partial charge in [0, 0.05) is 23.6 Å². The fraction of sp³-hybridized carbons (Fsp3) is 0.125. The number of benzene rings is 2. The van der Waals surface area contributed by atoms with E-state index in [1.807, 2.05) is 61.0 Å². The van der Waals surface area contributed by atoms with Gasteiger partial charge in [0.05, 0.1) is 18.3 Å². The summed E-state index contributed by atoms with van der Waals surface area (Å²) in [6, 6.07) is 21.0. The third-order valence-corrected chi connectivity index (χ3v) is 4.74. The normalized spacial score (nSPS) is 10.6. The highest BCUT2D eigenvalue weighted by Crippen LogP contribution is 2.22. The standard InChI is InChI=1S/C24H22N4O2/c1-17-8-13-23(25-14-17)30-21-11-9-20(10-12-21)27-24(29)22-15-26-28(18(22)2)16-19-6-4-3-5-7-19/h3-15H,16H2,1-2H3,(H,27,29). The predicted molar refractivity (Wildman–Crippen MR) is 116 cm³/mol. The molecule has 0 fully saturated rings. The average Bonchev–Trinajstić information content (AvgIpc) is 3.12. The topological polar surface area (TPSA) is 69.0 Å². The minimum Gasteiger partial charge on any atom is -0.439 e. The van der Waals surface area contributed by atoms with Gasteiger partial charge in [-0.1, -0.05) is 36.4 Å².